The van der Waals surface area contributed by atoms with Gasteiger partial charge in [-0.25, -0.2) is 9.97 Å². The number of aromatic nitrogens is 2. The van der Waals surface area contributed by atoms with E-state index in [0.717, 1.165) is 48.4 Å². The van der Waals surface area contributed by atoms with Crippen LogP contribution in [0.25, 0.3) is 0 Å². The highest BCUT2D eigenvalue weighted by Crippen LogP contribution is 2.16. The van der Waals surface area contributed by atoms with E-state index in [9.17, 15) is 0 Å². The molecule has 2 rings (SSSR count). The minimum absolute atomic E-state index is 0.778. The molecule has 0 radical (unpaired) electrons. The quantitative estimate of drug-likeness (QED) is 0.781. The molecule has 23 heavy (non-hydrogen) atoms. The highest BCUT2D eigenvalue weighted by Gasteiger charge is 2.06. The molecule has 1 N–H and O–H groups in total. The Kier molecular flexibility index (Phi) is 6.66. The summed E-state index contributed by atoms with van der Waals surface area (Å²) in [6.07, 6.45) is 3.25. The molecule has 0 atom stereocenters. The fourth-order valence-electron chi connectivity index (χ4n) is 2.38. The van der Waals surface area contributed by atoms with Crippen molar-refractivity contribution >= 4 is 23.2 Å². The number of halogens is 1. The predicted molar refractivity (Wildman–Crippen MR) is 98.6 cm³/mol. The Morgan fingerprint density at radius 1 is 1.22 bits per heavy atom. The summed E-state index contributed by atoms with van der Waals surface area (Å²) in [5, 5.41) is 4.16. The molecule has 0 aliphatic heterocycles. The predicted octanol–water partition coefficient (Wildman–Crippen LogP) is 4.33. The van der Waals surface area contributed by atoms with Gasteiger partial charge in [0.2, 0.25) is 0 Å². The van der Waals surface area contributed by atoms with Crippen LogP contribution in [0.15, 0.2) is 30.3 Å². The van der Waals surface area contributed by atoms with Gasteiger partial charge in [0, 0.05) is 31.2 Å². The Morgan fingerprint density at radius 3 is 2.78 bits per heavy atom. The Labute approximate surface area is 143 Å². The summed E-state index contributed by atoms with van der Waals surface area (Å²) >= 11 is 6.01. The number of aryl methyl sites for hydroxylation is 1. The molecule has 2 aromatic rings. The summed E-state index contributed by atoms with van der Waals surface area (Å²) in [7, 11) is 2.08. The van der Waals surface area contributed by atoms with Crippen LogP contribution in [0.3, 0.4) is 0 Å². The maximum Gasteiger partial charge on any atom is 0.134 e. The number of unbranched alkanes of at least 4 members (excludes halogenated alkanes) is 1. The van der Waals surface area contributed by atoms with Crippen LogP contribution in [0.2, 0.25) is 5.02 Å². The molecule has 0 aliphatic rings. The van der Waals surface area contributed by atoms with Crippen LogP contribution in [-0.2, 0) is 6.42 Å². The number of benzene rings is 1. The van der Waals surface area contributed by atoms with Gasteiger partial charge in [-0.05, 0) is 37.5 Å². The zero-order valence-electron chi connectivity index (χ0n) is 14.1. The van der Waals surface area contributed by atoms with Gasteiger partial charge in [-0.3, -0.25) is 0 Å². The lowest BCUT2D eigenvalue weighted by atomic mass is 10.1. The number of hydrogen-bond donors (Lipinski definition) is 1. The zero-order valence-corrected chi connectivity index (χ0v) is 14.9. The van der Waals surface area contributed by atoms with Crippen LogP contribution in [-0.4, -0.2) is 30.1 Å². The van der Waals surface area contributed by atoms with Crippen LogP contribution in [0, 0.1) is 6.92 Å². The molecule has 0 spiro atoms. The number of nitrogens with zero attached hydrogens (tertiary/aromatic N) is 3. The van der Waals surface area contributed by atoms with Crippen LogP contribution < -0.4 is 10.2 Å². The number of nitrogens with one attached hydrogen (secondary N) is 1. The third-order valence-corrected chi connectivity index (χ3v) is 3.91. The van der Waals surface area contributed by atoms with E-state index < -0.39 is 0 Å². The third kappa shape index (κ3) is 5.71. The molecule has 0 aliphatic carbocycles. The monoisotopic (exact) mass is 332 g/mol. The molecule has 0 saturated heterocycles. The van der Waals surface area contributed by atoms with Crippen molar-refractivity contribution in [3.8, 4) is 0 Å². The molecule has 0 bridgehead atoms. The van der Waals surface area contributed by atoms with Crippen molar-refractivity contribution in [3.63, 3.8) is 0 Å². The first-order valence-electron chi connectivity index (χ1n) is 8.13. The van der Waals surface area contributed by atoms with E-state index in [1.165, 1.54) is 12.0 Å². The van der Waals surface area contributed by atoms with Crippen LogP contribution >= 0.6 is 11.6 Å². The summed E-state index contributed by atoms with van der Waals surface area (Å²) in [6.45, 7) is 5.95. The number of anilines is 2. The molecule has 1 heterocycles. The Morgan fingerprint density at radius 2 is 2.04 bits per heavy atom. The van der Waals surface area contributed by atoms with Crippen molar-refractivity contribution in [2.75, 3.05) is 30.4 Å². The number of hydrogen-bond acceptors (Lipinski definition) is 4. The normalized spacial score (nSPS) is 10.6. The number of rotatable bonds is 8. The Bertz CT molecular complexity index is 630. The van der Waals surface area contributed by atoms with Gasteiger partial charge in [0.1, 0.15) is 17.5 Å². The van der Waals surface area contributed by atoms with E-state index >= 15 is 0 Å². The minimum atomic E-state index is 0.778. The molecule has 1 aromatic heterocycles. The van der Waals surface area contributed by atoms with Gasteiger partial charge in [0.05, 0.1) is 0 Å². The lowest BCUT2D eigenvalue weighted by Gasteiger charge is -2.19. The van der Waals surface area contributed by atoms with Crippen molar-refractivity contribution in [3.05, 3.63) is 46.7 Å². The fraction of sp³-hybridized carbons (Fsp3) is 0.444. The van der Waals surface area contributed by atoms with Crippen molar-refractivity contribution in [1.82, 2.24) is 9.97 Å². The maximum absolute atomic E-state index is 6.01. The van der Waals surface area contributed by atoms with Crippen molar-refractivity contribution in [2.24, 2.45) is 0 Å². The summed E-state index contributed by atoms with van der Waals surface area (Å²) in [4.78, 5) is 11.2. The highest BCUT2D eigenvalue weighted by molar-refractivity contribution is 6.30. The van der Waals surface area contributed by atoms with Crippen molar-refractivity contribution in [2.45, 2.75) is 33.1 Å². The lowest BCUT2D eigenvalue weighted by molar-refractivity contribution is 0.756. The van der Waals surface area contributed by atoms with Crippen molar-refractivity contribution in [1.29, 1.82) is 0 Å². The van der Waals surface area contributed by atoms with Gasteiger partial charge < -0.3 is 10.2 Å². The smallest absolute Gasteiger partial charge is 0.134 e. The fourth-order valence-corrected chi connectivity index (χ4v) is 2.59. The molecule has 5 heteroatoms. The summed E-state index contributed by atoms with van der Waals surface area (Å²) in [6, 6.07) is 9.97. The third-order valence-electron chi connectivity index (χ3n) is 3.67. The molecule has 4 nitrogen and oxygen atoms in total. The van der Waals surface area contributed by atoms with Gasteiger partial charge in [-0.15, -0.1) is 0 Å². The summed E-state index contributed by atoms with van der Waals surface area (Å²) in [5.74, 6) is 2.63. The standard InChI is InChI=1S/C18H25ClN4/c1-4-5-11-23(3)18-13-17(21-14(2)22-18)20-10-9-15-7-6-8-16(19)12-15/h6-8,12-13H,4-5,9-11H2,1-3H3,(H,20,21,22). The van der Waals surface area contributed by atoms with Gasteiger partial charge in [0.25, 0.3) is 0 Å². The summed E-state index contributed by atoms with van der Waals surface area (Å²) < 4.78 is 0. The minimum Gasteiger partial charge on any atom is -0.370 e. The average Bonchev–Trinajstić information content (AvgIpc) is 2.52. The molecular formula is C18H25ClN4. The second kappa shape index (κ2) is 8.73. The Balaban J connectivity index is 1.95. The molecule has 0 amide bonds. The van der Waals surface area contributed by atoms with Crippen LogP contribution in [0.4, 0.5) is 11.6 Å². The molecule has 124 valence electrons. The van der Waals surface area contributed by atoms with E-state index in [2.05, 4.69) is 40.2 Å². The topological polar surface area (TPSA) is 41.0 Å². The van der Waals surface area contributed by atoms with E-state index in [0.29, 0.717) is 0 Å². The van der Waals surface area contributed by atoms with E-state index in [1.807, 2.05) is 31.2 Å². The van der Waals surface area contributed by atoms with Gasteiger partial charge in [0.15, 0.2) is 0 Å². The van der Waals surface area contributed by atoms with Gasteiger partial charge in [-0.2, -0.15) is 0 Å². The van der Waals surface area contributed by atoms with Gasteiger partial charge in [-0.1, -0.05) is 37.1 Å². The first-order chi connectivity index (χ1) is 11.1. The largest absolute Gasteiger partial charge is 0.370 e. The molecule has 0 fully saturated rings. The van der Waals surface area contributed by atoms with E-state index in [4.69, 9.17) is 11.6 Å². The maximum atomic E-state index is 6.01. The van der Waals surface area contributed by atoms with E-state index in [1.54, 1.807) is 0 Å². The Hall–Kier alpha value is -1.81. The van der Waals surface area contributed by atoms with Crippen LogP contribution in [0.5, 0.6) is 0 Å². The van der Waals surface area contributed by atoms with E-state index in [-0.39, 0.29) is 0 Å². The van der Waals surface area contributed by atoms with Gasteiger partial charge >= 0.3 is 0 Å². The molecule has 0 unspecified atom stereocenters. The molecule has 1 aromatic carbocycles. The second-order valence-electron chi connectivity index (χ2n) is 5.74. The first-order valence-corrected chi connectivity index (χ1v) is 8.51. The summed E-state index contributed by atoms with van der Waals surface area (Å²) in [5.41, 5.74) is 1.22. The lowest BCUT2D eigenvalue weighted by Crippen LogP contribution is -2.20. The van der Waals surface area contributed by atoms with Crippen molar-refractivity contribution < 1.29 is 0 Å². The second-order valence-corrected chi connectivity index (χ2v) is 6.18. The highest BCUT2D eigenvalue weighted by atomic mass is 35.5. The molecular weight excluding hydrogens is 308 g/mol. The first kappa shape index (κ1) is 17.5. The van der Waals surface area contributed by atoms with Crippen LogP contribution in [0.1, 0.15) is 31.2 Å². The zero-order chi connectivity index (χ0) is 16.7. The molecule has 0 saturated carbocycles. The SMILES string of the molecule is CCCCN(C)c1cc(NCCc2cccc(Cl)c2)nc(C)n1. The average molecular weight is 333 g/mol.